The zero-order valence-electron chi connectivity index (χ0n) is 17.9. The van der Waals surface area contributed by atoms with Crippen LogP contribution in [0, 0.1) is 11.3 Å². The molecule has 3 aromatic carbocycles. The van der Waals surface area contributed by atoms with Gasteiger partial charge in [-0.2, -0.15) is 18.4 Å². The second-order valence-corrected chi connectivity index (χ2v) is 7.50. The van der Waals surface area contributed by atoms with Gasteiger partial charge in [-0.1, -0.05) is 41.9 Å². The van der Waals surface area contributed by atoms with Crippen molar-refractivity contribution in [3.63, 3.8) is 0 Å². The Balaban J connectivity index is 1.60. The number of ether oxygens (including phenoxy) is 1. The molecular weight excluding hydrogens is 483 g/mol. The van der Waals surface area contributed by atoms with Gasteiger partial charge in [0.05, 0.1) is 16.3 Å². The molecule has 0 radical (unpaired) electrons. The number of amides is 2. The Morgan fingerprint density at radius 2 is 1.71 bits per heavy atom. The largest absolute Gasteiger partial charge is 0.484 e. The second kappa shape index (κ2) is 11.2. The number of alkyl halides is 3. The highest BCUT2D eigenvalue weighted by Gasteiger charge is 2.30. The van der Waals surface area contributed by atoms with Crippen LogP contribution in [0.25, 0.3) is 6.08 Å². The van der Waals surface area contributed by atoms with Crippen molar-refractivity contribution in [1.82, 2.24) is 0 Å². The molecule has 0 bridgehead atoms. The minimum Gasteiger partial charge on any atom is -0.484 e. The average molecular weight is 500 g/mol. The Labute approximate surface area is 203 Å². The lowest BCUT2D eigenvalue weighted by molar-refractivity contribution is -0.137. The summed E-state index contributed by atoms with van der Waals surface area (Å²) in [7, 11) is 0. The van der Waals surface area contributed by atoms with Crippen LogP contribution in [-0.2, 0) is 15.8 Å². The Morgan fingerprint density at radius 1 is 1.00 bits per heavy atom. The van der Waals surface area contributed by atoms with Gasteiger partial charge < -0.3 is 15.4 Å². The van der Waals surface area contributed by atoms with Crippen molar-refractivity contribution < 1.29 is 27.5 Å². The Hall–Kier alpha value is -4.29. The van der Waals surface area contributed by atoms with Gasteiger partial charge in [0.25, 0.3) is 11.8 Å². The van der Waals surface area contributed by atoms with Crippen molar-refractivity contribution in [2.24, 2.45) is 0 Å². The molecule has 35 heavy (non-hydrogen) atoms. The van der Waals surface area contributed by atoms with Gasteiger partial charge in [0.15, 0.2) is 6.61 Å². The van der Waals surface area contributed by atoms with E-state index in [1.54, 1.807) is 42.5 Å². The monoisotopic (exact) mass is 499 g/mol. The number of benzene rings is 3. The normalized spacial score (nSPS) is 11.3. The average Bonchev–Trinajstić information content (AvgIpc) is 2.83. The van der Waals surface area contributed by atoms with Crippen LogP contribution in [0.4, 0.5) is 24.5 Å². The molecule has 178 valence electrons. The third-order valence-corrected chi connectivity index (χ3v) is 4.85. The highest BCUT2D eigenvalue weighted by molar-refractivity contribution is 6.33. The third-order valence-electron chi connectivity index (χ3n) is 4.52. The van der Waals surface area contributed by atoms with E-state index in [1.165, 1.54) is 24.3 Å². The lowest BCUT2D eigenvalue weighted by atomic mass is 10.1. The van der Waals surface area contributed by atoms with Crippen LogP contribution >= 0.6 is 11.6 Å². The second-order valence-electron chi connectivity index (χ2n) is 7.09. The Bertz CT molecular complexity index is 1300. The summed E-state index contributed by atoms with van der Waals surface area (Å²) in [6, 6.07) is 18.8. The molecule has 6 nitrogen and oxygen atoms in total. The van der Waals surface area contributed by atoms with Crippen LogP contribution in [0.15, 0.2) is 78.4 Å². The molecule has 3 aromatic rings. The van der Waals surface area contributed by atoms with Gasteiger partial charge in [0.2, 0.25) is 0 Å². The summed E-state index contributed by atoms with van der Waals surface area (Å²) in [6.45, 7) is -0.275. The lowest BCUT2D eigenvalue weighted by Gasteiger charge is -2.10. The molecule has 2 amide bonds. The maximum absolute atomic E-state index is 12.8. The van der Waals surface area contributed by atoms with Crippen molar-refractivity contribution in [2.75, 3.05) is 17.2 Å². The van der Waals surface area contributed by atoms with Crippen LogP contribution in [0.2, 0.25) is 5.02 Å². The zero-order valence-corrected chi connectivity index (χ0v) is 18.7. The predicted molar refractivity (Wildman–Crippen MR) is 126 cm³/mol. The minimum atomic E-state index is -4.56. The summed E-state index contributed by atoms with van der Waals surface area (Å²) in [4.78, 5) is 24.4. The van der Waals surface area contributed by atoms with Gasteiger partial charge in [-0.25, -0.2) is 0 Å². The van der Waals surface area contributed by atoms with E-state index in [2.05, 4.69) is 10.6 Å². The highest BCUT2D eigenvalue weighted by Crippen LogP contribution is 2.30. The Morgan fingerprint density at radius 3 is 2.37 bits per heavy atom. The number of rotatable bonds is 7. The van der Waals surface area contributed by atoms with Crippen molar-refractivity contribution in [2.45, 2.75) is 6.18 Å². The SMILES string of the molecule is N#C/C(=C\c1ccc(OCC(=O)Nc2ccccc2Cl)cc1)C(=O)Nc1cccc(C(F)(F)F)c1. The number of carbonyl (C=O) groups excluding carboxylic acids is 2. The van der Waals surface area contributed by atoms with Crippen LogP contribution in [0.5, 0.6) is 5.75 Å². The van der Waals surface area contributed by atoms with E-state index in [9.17, 15) is 28.0 Å². The van der Waals surface area contributed by atoms with Crippen LogP contribution in [-0.4, -0.2) is 18.4 Å². The van der Waals surface area contributed by atoms with Crippen LogP contribution in [0.3, 0.4) is 0 Å². The number of hydrogen-bond donors (Lipinski definition) is 2. The van der Waals surface area contributed by atoms with Gasteiger partial charge in [0, 0.05) is 5.69 Å². The molecule has 2 N–H and O–H groups in total. The number of anilines is 2. The van der Waals surface area contributed by atoms with Crippen molar-refractivity contribution in [3.8, 4) is 11.8 Å². The number of hydrogen-bond acceptors (Lipinski definition) is 4. The summed E-state index contributed by atoms with van der Waals surface area (Å²) in [5, 5.41) is 14.6. The molecule has 0 fully saturated rings. The number of para-hydroxylation sites is 1. The number of nitrogens with zero attached hydrogens (tertiary/aromatic N) is 1. The summed E-state index contributed by atoms with van der Waals surface area (Å²) >= 11 is 5.99. The molecule has 0 atom stereocenters. The van der Waals surface area contributed by atoms with Gasteiger partial charge in [-0.3, -0.25) is 9.59 Å². The van der Waals surface area contributed by atoms with E-state index in [0.29, 0.717) is 22.0 Å². The zero-order chi connectivity index (χ0) is 25.4. The first-order valence-corrected chi connectivity index (χ1v) is 10.4. The highest BCUT2D eigenvalue weighted by atomic mass is 35.5. The molecule has 0 aliphatic heterocycles. The molecule has 0 saturated carbocycles. The molecule has 0 heterocycles. The minimum absolute atomic E-state index is 0.0928. The van der Waals surface area contributed by atoms with Gasteiger partial charge in [-0.15, -0.1) is 0 Å². The van der Waals surface area contributed by atoms with Crippen molar-refractivity contribution in [3.05, 3.63) is 94.5 Å². The van der Waals surface area contributed by atoms with Crippen LogP contribution in [0.1, 0.15) is 11.1 Å². The molecule has 0 spiro atoms. The summed E-state index contributed by atoms with van der Waals surface area (Å²) < 4.78 is 44.0. The van der Waals surface area contributed by atoms with E-state index in [4.69, 9.17) is 16.3 Å². The standard InChI is InChI=1S/C25H17ClF3N3O3/c26-21-6-1-2-7-22(21)32-23(33)15-35-20-10-8-16(9-11-20)12-17(14-30)24(34)31-19-5-3-4-18(13-19)25(27,28)29/h1-13H,15H2,(H,31,34)(H,32,33)/b17-12+. The maximum Gasteiger partial charge on any atom is 0.416 e. The van der Waals surface area contributed by atoms with Gasteiger partial charge in [-0.05, 0) is 54.1 Å². The number of halogens is 4. The smallest absolute Gasteiger partial charge is 0.416 e. The molecule has 0 aliphatic rings. The first-order valence-electron chi connectivity index (χ1n) is 10.0. The molecule has 10 heteroatoms. The maximum atomic E-state index is 12.8. The van der Waals surface area contributed by atoms with Crippen molar-refractivity contribution in [1.29, 1.82) is 5.26 Å². The first kappa shape index (κ1) is 25.3. The molecule has 0 saturated heterocycles. The molecular formula is C25H17ClF3N3O3. The van der Waals surface area contributed by atoms with E-state index in [-0.39, 0.29) is 17.9 Å². The molecule has 0 aliphatic carbocycles. The van der Waals surface area contributed by atoms with Crippen LogP contribution < -0.4 is 15.4 Å². The van der Waals surface area contributed by atoms with Crippen molar-refractivity contribution >= 4 is 40.9 Å². The summed E-state index contributed by atoms with van der Waals surface area (Å²) in [6.07, 6.45) is -3.29. The van der Waals surface area contributed by atoms with E-state index < -0.39 is 23.6 Å². The topological polar surface area (TPSA) is 91.2 Å². The van der Waals surface area contributed by atoms with E-state index in [0.717, 1.165) is 18.2 Å². The fourth-order valence-electron chi connectivity index (χ4n) is 2.84. The molecule has 0 aromatic heterocycles. The fourth-order valence-corrected chi connectivity index (χ4v) is 3.03. The quantitative estimate of drug-likeness (QED) is 0.312. The Kier molecular flexibility index (Phi) is 8.12. The number of nitriles is 1. The predicted octanol–water partition coefficient (Wildman–Crippen LogP) is 5.92. The number of nitrogens with one attached hydrogen (secondary N) is 2. The lowest BCUT2D eigenvalue weighted by Crippen LogP contribution is -2.20. The molecule has 3 rings (SSSR count). The first-order chi connectivity index (χ1) is 16.7. The van der Waals surface area contributed by atoms with E-state index in [1.807, 2.05) is 0 Å². The van der Waals surface area contributed by atoms with Gasteiger partial charge >= 0.3 is 6.18 Å². The van der Waals surface area contributed by atoms with Gasteiger partial charge in [0.1, 0.15) is 17.4 Å². The fraction of sp³-hybridized carbons (Fsp3) is 0.0800. The third kappa shape index (κ3) is 7.35. The number of carbonyl (C=O) groups is 2. The van der Waals surface area contributed by atoms with E-state index >= 15 is 0 Å². The molecule has 0 unspecified atom stereocenters. The summed E-state index contributed by atoms with van der Waals surface area (Å²) in [5.41, 5.74) is -0.404. The summed E-state index contributed by atoms with van der Waals surface area (Å²) in [5.74, 6) is -0.910.